The molecule has 116 valence electrons. The first-order valence-electron chi connectivity index (χ1n) is 6.67. The zero-order valence-corrected chi connectivity index (χ0v) is 12.4. The standard InChI is InChI=1S/C14H25NO5/c1-12(2)13(16)5-4-7-19-9-10-20-8-6-15-14(17)11-18-3/h1,4-11H2,2-3H3,(H,15,17). The average Bonchev–Trinajstić information content (AvgIpc) is 2.40. The van der Waals surface area contributed by atoms with Crippen molar-refractivity contribution in [3.8, 4) is 0 Å². The number of methoxy groups -OCH3 is 1. The van der Waals surface area contributed by atoms with Gasteiger partial charge in [0.25, 0.3) is 0 Å². The van der Waals surface area contributed by atoms with E-state index >= 15 is 0 Å². The number of nitrogens with one attached hydrogen (secondary N) is 1. The maximum atomic E-state index is 11.2. The first-order chi connectivity index (χ1) is 9.57. The number of ether oxygens (including phenoxy) is 3. The highest BCUT2D eigenvalue weighted by Gasteiger charge is 2.01. The van der Waals surface area contributed by atoms with E-state index in [4.69, 9.17) is 9.47 Å². The molecule has 0 radical (unpaired) electrons. The lowest BCUT2D eigenvalue weighted by molar-refractivity contribution is -0.125. The molecule has 0 rings (SSSR count). The number of carbonyl (C=O) groups excluding carboxylic acids is 2. The third-order valence-electron chi connectivity index (χ3n) is 2.38. The van der Waals surface area contributed by atoms with Gasteiger partial charge in [0.15, 0.2) is 5.78 Å². The average molecular weight is 287 g/mol. The monoisotopic (exact) mass is 287 g/mol. The summed E-state index contributed by atoms with van der Waals surface area (Å²) < 4.78 is 15.2. The maximum absolute atomic E-state index is 11.2. The number of hydrogen-bond acceptors (Lipinski definition) is 5. The molecule has 0 aromatic rings. The third kappa shape index (κ3) is 11.8. The molecule has 6 heteroatoms. The van der Waals surface area contributed by atoms with Crippen molar-refractivity contribution in [3.63, 3.8) is 0 Å². The summed E-state index contributed by atoms with van der Waals surface area (Å²) in [4.78, 5) is 22.2. The molecule has 20 heavy (non-hydrogen) atoms. The van der Waals surface area contributed by atoms with Crippen molar-refractivity contribution < 1.29 is 23.8 Å². The Labute approximate surface area is 120 Å². The lowest BCUT2D eigenvalue weighted by atomic mass is 10.1. The fourth-order valence-corrected chi connectivity index (χ4v) is 1.31. The molecule has 0 saturated heterocycles. The molecule has 1 amide bonds. The van der Waals surface area contributed by atoms with E-state index < -0.39 is 0 Å². The predicted molar refractivity (Wildman–Crippen MR) is 75.6 cm³/mol. The van der Waals surface area contributed by atoms with Gasteiger partial charge in [0.2, 0.25) is 5.91 Å². The molecule has 0 aliphatic rings. The number of ketones is 1. The Kier molecular flexibility index (Phi) is 12.0. The number of rotatable bonds is 13. The summed E-state index contributed by atoms with van der Waals surface area (Å²) in [6, 6.07) is 0. The van der Waals surface area contributed by atoms with Gasteiger partial charge in [0.05, 0.1) is 19.8 Å². The maximum Gasteiger partial charge on any atom is 0.246 e. The molecule has 0 heterocycles. The van der Waals surface area contributed by atoms with E-state index in [2.05, 4.69) is 16.6 Å². The van der Waals surface area contributed by atoms with Crippen LogP contribution in [0.2, 0.25) is 0 Å². The second kappa shape index (κ2) is 12.8. The highest BCUT2D eigenvalue weighted by atomic mass is 16.5. The van der Waals surface area contributed by atoms with Crippen LogP contribution in [0.5, 0.6) is 0 Å². The Hall–Kier alpha value is -1.24. The van der Waals surface area contributed by atoms with Crippen LogP contribution in [0.1, 0.15) is 19.8 Å². The predicted octanol–water partition coefficient (Wildman–Crippen LogP) is 0.708. The van der Waals surface area contributed by atoms with Crippen molar-refractivity contribution in [1.82, 2.24) is 5.32 Å². The first-order valence-corrected chi connectivity index (χ1v) is 6.67. The molecule has 0 spiro atoms. The highest BCUT2D eigenvalue weighted by Crippen LogP contribution is 1.99. The summed E-state index contributed by atoms with van der Waals surface area (Å²) in [5.41, 5.74) is 0.587. The van der Waals surface area contributed by atoms with Crippen LogP contribution in [0.15, 0.2) is 12.2 Å². The number of carbonyl (C=O) groups is 2. The van der Waals surface area contributed by atoms with E-state index in [-0.39, 0.29) is 18.3 Å². The van der Waals surface area contributed by atoms with Crippen LogP contribution in [-0.4, -0.2) is 58.4 Å². The van der Waals surface area contributed by atoms with Crippen molar-refractivity contribution in [2.75, 3.05) is 46.7 Å². The number of allylic oxidation sites excluding steroid dienone is 1. The largest absolute Gasteiger partial charge is 0.379 e. The van der Waals surface area contributed by atoms with E-state index in [1.54, 1.807) is 6.92 Å². The second-order valence-corrected chi connectivity index (χ2v) is 4.31. The molecule has 0 fully saturated rings. The minimum atomic E-state index is -0.158. The van der Waals surface area contributed by atoms with E-state index in [1.165, 1.54) is 7.11 Å². The van der Waals surface area contributed by atoms with Crippen molar-refractivity contribution in [2.45, 2.75) is 19.8 Å². The summed E-state index contributed by atoms with van der Waals surface area (Å²) in [6.45, 7) is 7.73. The SMILES string of the molecule is C=C(C)C(=O)CCCOCCOCCNC(=O)COC. The zero-order valence-electron chi connectivity index (χ0n) is 12.4. The minimum absolute atomic E-state index is 0.0615. The Morgan fingerprint density at radius 2 is 1.75 bits per heavy atom. The molecular weight excluding hydrogens is 262 g/mol. The van der Waals surface area contributed by atoms with Gasteiger partial charge in [-0.15, -0.1) is 0 Å². The van der Waals surface area contributed by atoms with Crippen molar-refractivity contribution in [2.24, 2.45) is 0 Å². The van der Waals surface area contributed by atoms with Crippen molar-refractivity contribution >= 4 is 11.7 Å². The second-order valence-electron chi connectivity index (χ2n) is 4.31. The quantitative estimate of drug-likeness (QED) is 0.399. The Balaban J connectivity index is 3.19. The molecule has 0 aliphatic carbocycles. The Morgan fingerprint density at radius 3 is 2.35 bits per heavy atom. The molecule has 0 atom stereocenters. The van der Waals surface area contributed by atoms with Gasteiger partial charge in [-0.05, 0) is 18.9 Å². The van der Waals surface area contributed by atoms with Gasteiger partial charge in [-0.1, -0.05) is 6.58 Å². The van der Waals surface area contributed by atoms with Crippen molar-refractivity contribution in [3.05, 3.63) is 12.2 Å². The van der Waals surface area contributed by atoms with Crippen LogP contribution in [-0.2, 0) is 23.8 Å². The van der Waals surface area contributed by atoms with E-state index in [0.29, 0.717) is 51.4 Å². The summed E-state index contributed by atoms with van der Waals surface area (Å²) in [5.74, 6) is -0.0776. The van der Waals surface area contributed by atoms with E-state index in [1.807, 2.05) is 0 Å². The molecule has 6 nitrogen and oxygen atoms in total. The smallest absolute Gasteiger partial charge is 0.246 e. The summed E-state index contributed by atoms with van der Waals surface area (Å²) in [5, 5.41) is 2.64. The van der Waals surface area contributed by atoms with Crippen molar-refractivity contribution in [1.29, 1.82) is 0 Å². The van der Waals surface area contributed by atoms with Crippen LogP contribution in [0.4, 0.5) is 0 Å². The van der Waals surface area contributed by atoms with Gasteiger partial charge in [-0.25, -0.2) is 0 Å². The van der Waals surface area contributed by atoms with Gasteiger partial charge in [-0.2, -0.15) is 0 Å². The van der Waals surface area contributed by atoms with Crippen LogP contribution in [0.25, 0.3) is 0 Å². The molecule has 0 bridgehead atoms. The lowest BCUT2D eigenvalue weighted by Gasteiger charge is -2.07. The van der Waals surface area contributed by atoms with E-state index in [9.17, 15) is 9.59 Å². The molecule has 0 aromatic heterocycles. The lowest BCUT2D eigenvalue weighted by Crippen LogP contribution is -2.30. The van der Waals surface area contributed by atoms with Crippen LogP contribution in [0.3, 0.4) is 0 Å². The zero-order chi connectivity index (χ0) is 15.2. The fourth-order valence-electron chi connectivity index (χ4n) is 1.31. The molecule has 0 unspecified atom stereocenters. The molecule has 1 N–H and O–H groups in total. The highest BCUT2D eigenvalue weighted by molar-refractivity contribution is 5.93. The molecule has 0 aromatic carbocycles. The van der Waals surface area contributed by atoms with Gasteiger partial charge >= 0.3 is 0 Å². The minimum Gasteiger partial charge on any atom is -0.379 e. The fraction of sp³-hybridized carbons (Fsp3) is 0.714. The van der Waals surface area contributed by atoms with Gasteiger partial charge < -0.3 is 19.5 Å². The molecule has 0 saturated carbocycles. The first kappa shape index (κ1) is 18.8. The van der Waals surface area contributed by atoms with Crippen LogP contribution in [0, 0.1) is 0 Å². The van der Waals surface area contributed by atoms with Gasteiger partial charge in [0, 0.05) is 26.7 Å². The summed E-state index contributed by atoms with van der Waals surface area (Å²) in [6.07, 6.45) is 1.17. The third-order valence-corrected chi connectivity index (χ3v) is 2.38. The molecular formula is C14H25NO5. The number of Topliss-reactive ketones (excluding diaryl/α,β-unsaturated/α-hetero) is 1. The molecule has 0 aliphatic heterocycles. The van der Waals surface area contributed by atoms with Crippen LogP contribution >= 0.6 is 0 Å². The van der Waals surface area contributed by atoms with Crippen LogP contribution < -0.4 is 5.32 Å². The normalized spacial score (nSPS) is 10.3. The Morgan fingerprint density at radius 1 is 1.10 bits per heavy atom. The van der Waals surface area contributed by atoms with Gasteiger partial charge in [0.1, 0.15) is 6.61 Å². The summed E-state index contributed by atoms with van der Waals surface area (Å²) >= 11 is 0. The van der Waals surface area contributed by atoms with Gasteiger partial charge in [-0.3, -0.25) is 9.59 Å². The number of amides is 1. The number of hydrogen-bond donors (Lipinski definition) is 1. The van der Waals surface area contributed by atoms with E-state index in [0.717, 1.165) is 0 Å². The Bertz CT molecular complexity index is 304. The summed E-state index contributed by atoms with van der Waals surface area (Å²) in [7, 11) is 1.47. The topological polar surface area (TPSA) is 73.9 Å².